The van der Waals surface area contributed by atoms with E-state index in [1.54, 1.807) is 31.4 Å². The van der Waals surface area contributed by atoms with Crippen molar-refractivity contribution < 1.29 is 9.84 Å². The second kappa shape index (κ2) is 11.0. The van der Waals surface area contributed by atoms with Gasteiger partial charge in [-0.15, -0.1) is 0 Å². The van der Waals surface area contributed by atoms with Crippen LogP contribution in [0.2, 0.25) is 0 Å². The summed E-state index contributed by atoms with van der Waals surface area (Å²) in [7, 11) is 1.60. The van der Waals surface area contributed by atoms with Crippen molar-refractivity contribution in [3.63, 3.8) is 0 Å². The van der Waals surface area contributed by atoms with Crippen molar-refractivity contribution in [1.29, 1.82) is 0 Å². The molecule has 3 aromatic rings. The van der Waals surface area contributed by atoms with Gasteiger partial charge in [0.05, 0.1) is 18.5 Å². The molecule has 0 amide bonds. The van der Waals surface area contributed by atoms with Gasteiger partial charge in [0.15, 0.2) is 10.2 Å². The number of benzene rings is 3. The van der Waals surface area contributed by atoms with Crippen LogP contribution in [-0.4, -0.2) is 33.9 Å². The van der Waals surface area contributed by atoms with Crippen LogP contribution in [0.25, 0.3) is 0 Å². The van der Waals surface area contributed by atoms with Crippen LogP contribution in [-0.2, 0) is 0 Å². The molecule has 33 heavy (non-hydrogen) atoms. The Morgan fingerprint density at radius 1 is 0.758 bits per heavy atom. The number of nitrogens with two attached hydrogens (primary N) is 2. The molecule has 0 fully saturated rings. The van der Waals surface area contributed by atoms with Gasteiger partial charge in [0.2, 0.25) is 0 Å². The number of thiocarbonyl (C=S) groups is 2. The summed E-state index contributed by atoms with van der Waals surface area (Å²) in [5.41, 5.74) is 20.8. The summed E-state index contributed by atoms with van der Waals surface area (Å²) in [6, 6.07) is 21.7. The van der Waals surface area contributed by atoms with Gasteiger partial charge in [0, 0.05) is 22.3 Å². The number of nitrogens with one attached hydrogen (secondary N) is 2. The average Bonchev–Trinajstić information content (AvgIpc) is 2.81. The van der Waals surface area contributed by atoms with Gasteiger partial charge in [-0.05, 0) is 79.0 Å². The highest BCUT2D eigenvalue weighted by Gasteiger charge is 2.13. The largest absolute Gasteiger partial charge is 0.508 e. The van der Waals surface area contributed by atoms with Crippen molar-refractivity contribution in [2.45, 2.75) is 0 Å². The Kier molecular flexibility index (Phi) is 7.90. The van der Waals surface area contributed by atoms with Crippen LogP contribution in [0.3, 0.4) is 0 Å². The zero-order valence-electron chi connectivity index (χ0n) is 17.6. The molecule has 0 saturated heterocycles. The normalized spacial score (nSPS) is 11.5. The van der Waals surface area contributed by atoms with Gasteiger partial charge in [-0.3, -0.25) is 10.9 Å². The van der Waals surface area contributed by atoms with E-state index in [1.165, 1.54) is 0 Å². The molecule has 168 valence electrons. The zero-order chi connectivity index (χ0) is 23.8. The number of hydrogen-bond donors (Lipinski definition) is 5. The topological polar surface area (TPSA) is 130 Å². The van der Waals surface area contributed by atoms with E-state index in [1.807, 2.05) is 48.5 Å². The number of ether oxygens (including phenoxy) is 1. The van der Waals surface area contributed by atoms with E-state index in [9.17, 15) is 5.11 Å². The molecule has 8 nitrogen and oxygen atoms in total. The number of rotatable bonds is 7. The molecule has 0 radical (unpaired) electrons. The summed E-state index contributed by atoms with van der Waals surface area (Å²) < 4.78 is 5.25. The van der Waals surface area contributed by atoms with Crippen molar-refractivity contribution in [3.8, 4) is 11.5 Å². The lowest BCUT2D eigenvalue weighted by atomic mass is 9.96. The third-order valence-corrected chi connectivity index (χ3v) is 4.65. The van der Waals surface area contributed by atoms with E-state index in [-0.39, 0.29) is 16.0 Å². The summed E-state index contributed by atoms with van der Waals surface area (Å²) in [5.74, 6) is 0.867. The number of methoxy groups -OCH3 is 1. The standard InChI is InChI=1S/C23H22N6O2S2/c1-31-19-11-7-15(8-12-19)21(27-29-23(25)33)17-4-2-3-16(13-17)20(26-28-22(24)32)14-5-9-18(30)10-6-14/h2-13,30H,1H3,(H3,24,28,32)(H3,25,29,33). The minimum absolute atomic E-state index is 0.0311. The Hall–Kier alpha value is -4.02. The maximum Gasteiger partial charge on any atom is 0.184 e. The predicted octanol–water partition coefficient (Wildman–Crippen LogP) is 2.57. The smallest absolute Gasteiger partial charge is 0.184 e. The molecule has 0 aliphatic heterocycles. The minimum Gasteiger partial charge on any atom is -0.508 e. The summed E-state index contributed by atoms with van der Waals surface area (Å²) >= 11 is 9.82. The molecule has 0 spiro atoms. The van der Waals surface area contributed by atoms with Gasteiger partial charge in [0.25, 0.3) is 0 Å². The molecule has 3 rings (SSSR count). The number of hydrazone groups is 2. The average molecular weight is 479 g/mol. The fourth-order valence-corrected chi connectivity index (χ4v) is 3.09. The lowest BCUT2D eigenvalue weighted by Gasteiger charge is -2.12. The SMILES string of the molecule is COc1ccc(C(=NNC(N)=S)c2cccc(C(=NNC(N)=S)c3ccc(O)cc3)c2)cc1. The molecular weight excluding hydrogens is 456 g/mol. The van der Waals surface area contributed by atoms with E-state index < -0.39 is 0 Å². The first-order valence-electron chi connectivity index (χ1n) is 9.68. The van der Waals surface area contributed by atoms with Crippen LogP contribution in [0.4, 0.5) is 0 Å². The quantitative estimate of drug-likeness (QED) is 0.199. The van der Waals surface area contributed by atoms with Crippen molar-refractivity contribution in [1.82, 2.24) is 10.9 Å². The van der Waals surface area contributed by atoms with E-state index in [2.05, 4.69) is 21.1 Å². The molecule has 0 aromatic heterocycles. The van der Waals surface area contributed by atoms with Crippen LogP contribution in [0.5, 0.6) is 11.5 Å². The van der Waals surface area contributed by atoms with Gasteiger partial charge in [0.1, 0.15) is 11.5 Å². The first kappa shape index (κ1) is 23.6. The number of aromatic hydroxyl groups is 1. The maximum atomic E-state index is 9.66. The fourth-order valence-electron chi connectivity index (χ4n) is 3.00. The number of hydrogen-bond acceptors (Lipinski definition) is 6. The molecule has 0 bridgehead atoms. The Morgan fingerprint density at radius 3 is 1.64 bits per heavy atom. The second-order valence-electron chi connectivity index (χ2n) is 6.73. The van der Waals surface area contributed by atoms with Crippen LogP contribution in [0.15, 0.2) is 83.0 Å². The monoisotopic (exact) mass is 478 g/mol. The summed E-state index contributed by atoms with van der Waals surface area (Å²) in [4.78, 5) is 0. The first-order valence-corrected chi connectivity index (χ1v) is 10.5. The van der Waals surface area contributed by atoms with E-state index in [0.717, 1.165) is 28.0 Å². The van der Waals surface area contributed by atoms with Crippen LogP contribution in [0, 0.1) is 0 Å². The Morgan fingerprint density at radius 2 is 1.21 bits per heavy atom. The highest BCUT2D eigenvalue weighted by Crippen LogP contribution is 2.20. The Bertz CT molecular complexity index is 1210. The third kappa shape index (κ3) is 6.48. The van der Waals surface area contributed by atoms with Gasteiger partial charge >= 0.3 is 0 Å². The Balaban J connectivity index is 2.10. The van der Waals surface area contributed by atoms with Crippen molar-refractivity contribution in [2.24, 2.45) is 21.7 Å². The highest BCUT2D eigenvalue weighted by molar-refractivity contribution is 7.80. The predicted molar refractivity (Wildman–Crippen MR) is 139 cm³/mol. The molecule has 0 heterocycles. The van der Waals surface area contributed by atoms with Crippen LogP contribution >= 0.6 is 24.4 Å². The van der Waals surface area contributed by atoms with Crippen LogP contribution in [0.1, 0.15) is 22.3 Å². The van der Waals surface area contributed by atoms with E-state index in [4.69, 9.17) is 40.6 Å². The first-order chi connectivity index (χ1) is 15.9. The fraction of sp³-hybridized carbons (Fsp3) is 0.0435. The molecule has 10 heteroatoms. The number of phenolic OH excluding ortho intramolecular Hbond substituents is 1. The molecule has 0 saturated carbocycles. The lowest BCUT2D eigenvalue weighted by molar-refractivity contribution is 0.415. The molecule has 0 atom stereocenters. The van der Waals surface area contributed by atoms with Gasteiger partial charge in [-0.1, -0.05) is 18.2 Å². The van der Waals surface area contributed by atoms with Crippen LogP contribution < -0.4 is 27.1 Å². The maximum absolute atomic E-state index is 9.66. The second-order valence-corrected chi connectivity index (χ2v) is 7.61. The van der Waals surface area contributed by atoms with Crippen molar-refractivity contribution >= 4 is 46.1 Å². The van der Waals surface area contributed by atoms with Gasteiger partial charge in [-0.2, -0.15) is 10.2 Å². The van der Waals surface area contributed by atoms with Gasteiger partial charge < -0.3 is 21.3 Å². The van der Waals surface area contributed by atoms with Crippen molar-refractivity contribution in [2.75, 3.05) is 7.11 Å². The summed E-state index contributed by atoms with van der Waals surface area (Å²) in [6.45, 7) is 0. The summed E-state index contributed by atoms with van der Waals surface area (Å²) in [6.07, 6.45) is 0. The zero-order valence-corrected chi connectivity index (χ0v) is 19.3. The van der Waals surface area contributed by atoms with Gasteiger partial charge in [-0.25, -0.2) is 0 Å². The minimum atomic E-state index is 0.0311. The lowest BCUT2D eigenvalue weighted by Crippen LogP contribution is -2.26. The number of nitrogens with zero attached hydrogens (tertiary/aromatic N) is 2. The Labute approximate surface area is 202 Å². The molecular formula is C23H22N6O2S2. The molecule has 0 unspecified atom stereocenters. The highest BCUT2D eigenvalue weighted by atomic mass is 32.1. The summed E-state index contributed by atoms with van der Waals surface area (Å²) in [5, 5.41) is 18.5. The van der Waals surface area contributed by atoms with E-state index >= 15 is 0 Å². The molecule has 0 aliphatic carbocycles. The third-order valence-electron chi connectivity index (χ3n) is 4.47. The molecule has 3 aromatic carbocycles. The molecule has 7 N–H and O–H groups in total. The van der Waals surface area contributed by atoms with Crippen molar-refractivity contribution in [3.05, 3.63) is 95.1 Å². The molecule has 0 aliphatic rings. The van der Waals surface area contributed by atoms with E-state index in [0.29, 0.717) is 11.4 Å². The number of phenols is 1.